The van der Waals surface area contributed by atoms with Crippen LogP contribution in [0.1, 0.15) is 18.2 Å². The number of hydrogen-bond acceptors (Lipinski definition) is 4. The first-order valence-corrected chi connectivity index (χ1v) is 11.3. The highest BCUT2D eigenvalue weighted by molar-refractivity contribution is 14.0. The Kier molecular flexibility index (Phi) is 8.56. The van der Waals surface area contributed by atoms with Gasteiger partial charge in [-0.15, -0.1) is 35.3 Å². The Morgan fingerprint density at radius 1 is 1.26 bits per heavy atom. The van der Waals surface area contributed by atoms with Crippen LogP contribution >= 0.6 is 46.9 Å². The van der Waals surface area contributed by atoms with E-state index >= 15 is 0 Å². The first-order chi connectivity index (χ1) is 14.6. The second-order valence-electron chi connectivity index (χ2n) is 7.17. The van der Waals surface area contributed by atoms with Gasteiger partial charge in [-0.2, -0.15) is 0 Å². The Morgan fingerprint density at radius 2 is 2.03 bits per heavy atom. The molecule has 1 aromatic carbocycles. The molecule has 0 aliphatic carbocycles. The Balaban J connectivity index is 0.00000272. The number of piperazine rings is 1. The van der Waals surface area contributed by atoms with E-state index in [0.717, 1.165) is 41.8 Å². The molecular weight excluding hydrogens is 547 g/mol. The number of carbonyl (C=O) groups excluding carboxylic acids is 1. The number of imidazole rings is 1. The molecule has 1 fully saturated rings. The van der Waals surface area contributed by atoms with E-state index in [-0.39, 0.29) is 29.9 Å². The number of hydrogen-bond donors (Lipinski definition) is 1. The van der Waals surface area contributed by atoms with Crippen molar-refractivity contribution in [3.63, 3.8) is 0 Å². The molecular formula is C21H26ClIN6OS. The maximum Gasteiger partial charge on any atom is 0.227 e. The molecule has 10 heteroatoms. The van der Waals surface area contributed by atoms with Crippen LogP contribution in [-0.4, -0.2) is 63.8 Å². The van der Waals surface area contributed by atoms with Crippen LogP contribution in [0.15, 0.2) is 47.0 Å². The number of nitrogens with zero attached hydrogens (tertiary/aromatic N) is 5. The SMILES string of the molecule is CCNC(=NCc1cn2ccsc2n1)N1CCN(C(=O)Cc2cccc(Cl)c2)CC1.I. The maximum absolute atomic E-state index is 12.7. The fraction of sp³-hybridized carbons (Fsp3) is 0.381. The molecule has 0 atom stereocenters. The highest BCUT2D eigenvalue weighted by Crippen LogP contribution is 2.14. The van der Waals surface area contributed by atoms with Crippen LogP contribution in [0.2, 0.25) is 5.02 Å². The zero-order chi connectivity index (χ0) is 20.9. The molecule has 0 radical (unpaired) electrons. The summed E-state index contributed by atoms with van der Waals surface area (Å²) >= 11 is 7.65. The number of aromatic nitrogens is 2. The van der Waals surface area contributed by atoms with Gasteiger partial charge in [0, 0.05) is 55.5 Å². The molecule has 1 amide bonds. The number of amides is 1. The van der Waals surface area contributed by atoms with Gasteiger partial charge in [-0.1, -0.05) is 23.7 Å². The third-order valence-corrected chi connectivity index (χ3v) is 6.05. The van der Waals surface area contributed by atoms with Gasteiger partial charge in [-0.3, -0.25) is 9.20 Å². The lowest BCUT2D eigenvalue weighted by Crippen LogP contribution is -2.54. The fourth-order valence-electron chi connectivity index (χ4n) is 3.53. The summed E-state index contributed by atoms with van der Waals surface area (Å²) < 4.78 is 2.02. The van der Waals surface area contributed by atoms with Crippen molar-refractivity contribution >= 4 is 63.7 Å². The van der Waals surface area contributed by atoms with Crippen molar-refractivity contribution in [1.82, 2.24) is 24.5 Å². The highest BCUT2D eigenvalue weighted by atomic mass is 127. The number of halogens is 2. The minimum absolute atomic E-state index is 0. The zero-order valence-electron chi connectivity index (χ0n) is 17.3. The van der Waals surface area contributed by atoms with Crippen LogP contribution in [0, 0.1) is 0 Å². The van der Waals surface area contributed by atoms with Gasteiger partial charge in [0.15, 0.2) is 10.9 Å². The van der Waals surface area contributed by atoms with Gasteiger partial charge in [-0.05, 0) is 24.6 Å². The molecule has 0 saturated carbocycles. The van der Waals surface area contributed by atoms with Gasteiger partial charge >= 0.3 is 0 Å². The molecule has 2 aromatic heterocycles. The summed E-state index contributed by atoms with van der Waals surface area (Å²) in [6.07, 6.45) is 4.41. The zero-order valence-corrected chi connectivity index (χ0v) is 21.2. The molecule has 4 rings (SSSR count). The van der Waals surface area contributed by atoms with E-state index in [1.54, 1.807) is 11.3 Å². The van der Waals surface area contributed by atoms with Crippen molar-refractivity contribution in [2.24, 2.45) is 4.99 Å². The summed E-state index contributed by atoms with van der Waals surface area (Å²) in [5.74, 6) is 1.01. The van der Waals surface area contributed by atoms with Gasteiger partial charge in [0.25, 0.3) is 0 Å². The third-order valence-electron chi connectivity index (χ3n) is 5.05. The van der Waals surface area contributed by atoms with E-state index in [1.807, 2.05) is 51.3 Å². The molecule has 7 nitrogen and oxygen atoms in total. The second-order valence-corrected chi connectivity index (χ2v) is 8.48. The molecule has 1 aliphatic heterocycles. The number of nitrogens with one attached hydrogen (secondary N) is 1. The third kappa shape index (κ3) is 6.11. The summed E-state index contributed by atoms with van der Waals surface area (Å²) in [4.78, 5) is 27.1. The van der Waals surface area contributed by atoms with E-state index < -0.39 is 0 Å². The lowest BCUT2D eigenvalue weighted by Gasteiger charge is -2.36. The van der Waals surface area contributed by atoms with Crippen LogP contribution in [0.3, 0.4) is 0 Å². The minimum atomic E-state index is 0. The number of thiazole rings is 1. The topological polar surface area (TPSA) is 65.2 Å². The van der Waals surface area contributed by atoms with E-state index in [1.165, 1.54) is 0 Å². The average molecular weight is 573 g/mol. The van der Waals surface area contributed by atoms with Crippen LogP contribution < -0.4 is 5.32 Å². The summed E-state index contributed by atoms with van der Waals surface area (Å²) in [6.45, 7) is 6.27. The molecule has 0 bridgehead atoms. The van der Waals surface area contributed by atoms with Crippen molar-refractivity contribution in [2.75, 3.05) is 32.7 Å². The summed E-state index contributed by atoms with van der Waals surface area (Å²) in [7, 11) is 0. The van der Waals surface area contributed by atoms with Crippen LogP contribution in [-0.2, 0) is 17.8 Å². The van der Waals surface area contributed by atoms with Crippen LogP contribution in [0.25, 0.3) is 4.96 Å². The second kappa shape index (κ2) is 11.1. The fourth-order valence-corrected chi connectivity index (χ4v) is 4.47. The van der Waals surface area contributed by atoms with E-state index in [9.17, 15) is 4.79 Å². The molecule has 31 heavy (non-hydrogen) atoms. The molecule has 3 heterocycles. The summed E-state index contributed by atoms with van der Waals surface area (Å²) in [5, 5.41) is 6.05. The van der Waals surface area contributed by atoms with Crippen molar-refractivity contribution < 1.29 is 4.79 Å². The monoisotopic (exact) mass is 572 g/mol. The molecule has 0 spiro atoms. The summed E-state index contributed by atoms with van der Waals surface area (Å²) in [6, 6.07) is 7.50. The first-order valence-electron chi connectivity index (χ1n) is 10.1. The number of aliphatic imine (C=N–C) groups is 1. The number of benzene rings is 1. The van der Waals surface area contributed by atoms with E-state index in [0.29, 0.717) is 31.1 Å². The molecule has 3 aromatic rings. The van der Waals surface area contributed by atoms with Crippen molar-refractivity contribution in [3.8, 4) is 0 Å². The number of rotatable bonds is 5. The molecule has 1 saturated heterocycles. The Morgan fingerprint density at radius 3 is 2.74 bits per heavy atom. The van der Waals surface area contributed by atoms with Gasteiger partial charge < -0.3 is 15.1 Å². The highest BCUT2D eigenvalue weighted by Gasteiger charge is 2.23. The largest absolute Gasteiger partial charge is 0.357 e. The van der Waals surface area contributed by atoms with Crippen molar-refractivity contribution in [1.29, 1.82) is 0 Å². The molecule has 166 valence electrons. The predicted octanol–water partition coefficient (Wildman–Crippen LogP) is 3.52. The van der Waals surface area contributed by atoms with Gasteiger partial charge in [0.05, 0.1) is 18.7 Å². The summed E-state index contributed by atoms with van der Waals surface area (Å²) in [5.41, 5.74) is 1.90. The standard InChI is InChI=1S/C21H25ClN6OS.HI/c1-2-23-20(24-14-18-15-28-10-11-30-21(28)25-18)27-8-6-26(7-9-27)19(29)13-16-4-3-5-17(22)12-16;/h3-5,10-12,15H,2,6-9,13-14H2,1H3,(H,23,24);1H. The van der Waals surface area contributed by atoms with E-state index in [4.69, 9.17) is 16.6 Å². The number of guanidine groups is 1. The van der Waals surface area contributed by atoms with Crippen molar-refractivity contribution in [2.45, 2.75) is 19.9 Å². The maximum atomic E-state index is 12.7. The van der Waals surface area contributed by atoms with Crippen LogP contribution in [0.4, 0.5) is 0 Å². The quantitative estimate of drug-likeness (QED) is 0.289. The van der Waals surface area contributed by atoms with Crippen molar-refractivity contribution in [3.05, 3.63) is 58.3 Å². The number of carbonyl (C=O) groups is 1. The predicted molar refractivity (Wildman–Crippen MR) is 137 cm³/mol. The molecule has 1 N–H and O–H groups in total. The molecule has 1 aliphatic rings. The first kappa shape index (κ1) is 23.8. The van der Waals surface area contributed by atoms with Crippen LogP contribution in [0.5, 0.6) is 0 Å². The van der Waals surface area contributed by atoms with Gasteiger partial charge in [0.2, 0.25) is 5.91 Å². The Bertz CT molecular complexity index is 1010. The Labute approximate surface area is 208 Å². The normalized spacial score (nSPS) is 14.6. The average Bonchev–Trinajstić information content (AvgIpc) is 3.33. The Hall–Kier alpha value is -1.85. The van der Waals surface area contributed by atoms with E-state index in [2.05, 4.69) is 22.1 Å². The lowest BCUT2D eigenvalue weighted by atomic mass is 10.1. The van der Waals surface area contributed by atoms with Gasteiger partial charge in [-0.25, -0.2) is 9.98 Å². The lowest BCUT2D eigenvalue weighted by molar-refractivity contribution is -0.131. The number of fused-ring (bicyclic) bond motifs is 1. The molecule has 0 unspecified atom stereocenters. The minimum Gasteiger partial charge on any atom is -0.357 e. The smallest absolute Gasteiger partial charge is 0.227 e. The van der Waals surface area contributed by atoms with Gasteiger partial charge in [0.1, 0.15) is 0 Å².